The molecule has 0 radical (unpaired) electrons. The van der Waals surface area contributed by atoms with Gasteiger partial charge in [-0.1, -0.05) is 42.5 Å². The van der Waals surface area contributed by atoms with Gasteiger partial charge >= 0.3 is 0 Å². The van der Waals surface area contributed by atoms with Crippen LogP contribution >= 0.6 is 24.0 Å². The number of rotatable bonds is 8. The van der Waals surface area contributed by atoms with Gasteiger partial charge in [0.2, 0.25) is 10.0 Å². The van der Waals surface area contributed by atoms with E-state index >= 15 is 0 Å². The second kappa shape index (κ2) is 11.3. The second-order valence-electron chi connectivity index (χ2n) is 6.74. The molecule has 2 aromatic carbocycles. The molecule has 30 heavy (non-hydrogen) atoms. The fraction of sp³-hybridized carbons (Fsp3) is 0.286. The minimum absolute atomic E-state index is 0. The molecule has 0 atom stereocenters. The molecule has 3 aromatic rings. The number of nitrogens with one attached hydrogen (secondary N) is 4. The van der Waals surface area contributed by atoms with Gasteiger partial charge in [0.25, 0.3) is 0 Å². The van der Waals surface area contributed by atoms with Crippen LogP contribution in [0.25, 0.3) is 10.9 Å². The van der Waals surface area contributed by atoms with Crippen molar-refractivity contribution >= 4 is 50.9 Å². The van der Waals surface area contributed by atoms with E-state index < -0.39 is 10.0 Å². The van der Waals surface area contributed by atoms with E-state index in [1.54, 1.807) is 7.05 Å². The Morgan fingerprint density at radius 3 is 2.43 bits per heavy atom. The van der Waals surface area contributed by atoms with E-state index in [-0.39, 0.29) is 29.7 Å². The highest BCUT2D eigenvalue weighted by molar-refractivity contribution is 14.0. The summed E-state index contributed by atoms with van der Waals surface area (Å²) in [4.78, 5) is 7.55. The highest BCUT2D eigenvalue weighted by Gasteiger charge is 2.08. The Labute approximate surface area is 194 Å². The molecule has 0 unspecified atom stereocenters. The van der Waals surface area contributed by atoms with Crippen molar-refractivity contribution in [1.82, 2.24) is 20.3 Å². The van der Waals surface area contributed by atoms with Crippen molar-refractivity contribution in [2.75, 3.05) is 20.6 Å². The minimum Gasteiger partial charge on any atom is -0.361 e. The van der Waals surface area contributed by atoms with E-state index in [9.17, 15) is 8.42 Å². The normalized spacial score (nSPS) is 11.9. The summed E-state index contributed by atoms with van der Waals surface area (Å²) in [6, 6.07) is 15.8. The number of H-pyrrole nitrogens is 1. The maximum Gasteiger partial charge on any atom is 0.215 e. The van der Waals surface area contributed by atoms with Gasteiger partial charge < -0.3 is 15.6 Å². The molecule has 0 saturated heterocycles. The van der Waals surface area contributed by atoms with Gasteiger partial charge in [-0.05, 0) is 36.2 Å². The first-order valence-electron chi connectivity index (χ1n) is 9.49. The molecule has 0 aliphatic heterocycles. The van der Waals surface area contributed by atoms with E-state index in [0.29, 0.717) is 6.54 Å². The molecule has 0 fully saturated rings. The fourth-order valence-corrected chi connectivity index (χ4v) is 3.88. The van der Waals surface area contributed by atoms with Gasteiger partial charge in [-0.15, -0.1) is 24.0 Å². The average Bonchev–Trinajstić information content (AvgIpc) is 3.14. The summed E-state index contributed by atoms with van der Waals surface area (Å²) in [5.74, 6) is 0.709. The second-order valence-corrected chi connectivity index (χ2v) is 8.67. The maximum atomic E-state index is 11.6. The monoisotopic (exact) mass is 541 g/mol. The highest BCUT2D eigenvalue weighted by Crippen LogP contribution is 2.17. The molecule has 0 amide bonds. The summed E-state index contributed by atoms with van der Waals surface area (Å²) in [6.45, 7) is 1.37. The smallest absolute Gasteiger partial charge is 0.215 e. The maximum absolute atomic E-state index is 11.6. The van der Waals surface area contributed by atoms with E-state index in [1.807, 2.05) is 36.4 Å². The lowest BCUT2D eigenvalue weighted by Crippen LogP contribution is -2.37. The van der Waals surface area contributed by atoms with Gasteiger partial charge in [-0.3, -0.25) is 4.99 Å². The number of aliphatic imine (C=N–C) groups is 1. The van der Waals surface area contributed by atoms with Crippen LogP contribution in [-0.4, -0.2) is 40.0 Å². The van der Waals surface area contributed by atoms with Crippen molar-refractivity contribution < 1.29 is 8.42 Å². The molecule has 0 aliphatic rings. The molecule has 7 nitrogen and oxygen atoms in total. The Morgan fingerprint density at radius 1 is 1.03 bits per heavy atom. The molecule has 0 bridgehead atoms. The van der Waals surface area contributed by atoms with Crippen molar-refractivity contribution in [3.8, 4) is 0 Å². The highest BCUT2D eigenvalue weighted by atomic mass is 127. The first-order chi connectivity index (χ1) is 14.0. The van der Waals surface area contributed by atoms with Gasteiger partial charge in [-0.25, -0.2) is 13.1 Å². The summed E-state index contributed by atoms with van der Waals surface area (Å²) >= 11 is 0. The van der Waals surface area contributed by atoms with Crippen LogP contribution in [-0.2, 0) is 28.7 Å². The van der Waals surface area contributed by atoms with E-state index in [2.05, 4.69) is 43.7 Å². The molecular formula is C21H28IN5O2S. The molecule has 1 aromatic heterocycles. The molecule has 4 N–H and O–H groups in total. The lowest BCUT2D eigenvalue weighted by atomic mass is 10.1. The number of halogens is 1. The first kappa shape index (κ1) is 24.2. The third-order valence-corrected chi connectivity index (χ3v) is 6.07. The minimum atomic E-state index is -3.25. The number of aromatic nitrogens is 1. The van der Waals surface area contributed by atoms with Crippen LogP contribution in [0.4, 0.5) is 0 Å². The number of nitrogens with zero attached hydrogens (tertiary/aromatic N) is 1. The standard InChI is InChI=1S/C21H27N5O2S.HI/c1-22-21(24-12-11-18-14-25-20-6-4-3-5-19(18)20)26-13-16-7-9-17(10-8-16)15-29(27,28)23-2;/h3-10,14,23,25H,11-13,15H2,1-2H3,(H2,22,24,26);1H. The summed E-state index contributed by atoms with van der Waals surface area (Å²) in [7, 11) is -0.0907. The number of benzene rings is 2. The van der Waals surface area contributed by atoms with Crippen molar-refractivity contribution in [2.24, 2.45) is 4.99 Å². The number of guanidine groups is 1. The predicted octanol–water partition coefficient (Wildman–Crippen LogP) is 2.74. The molecule has 0 aliphatic carbocycles. The lowest BCUT2D eigenvalue weighted by molar-refractivity contribution is 0.587. The van der Waals surface area contributed by atoms with Crippen LogP contribution in [0, 0.1) is 0 Å². The van der Waals surface area contributed by atoms with Gasteiger partial charge in [0, 0.05) is 37.2 Å². The molecule has 162 valence electrons. The largest absolute Gasteiger partial charge is 0.361 e. The number of sulfonamides is 1. The third-order valence-electron chi connectivity index (χ3n) is 4.74. The van der Waals surface area contributed by atoms with E-state index in [4.69, 9.17) is 0 Å². The molecule has 9 heteroatoms. The van der Waals surface area contributed by atoms with Crippen LogP contribution in [0.2, 0.25) is 0 Å². The number of hydrogen-bond acceptors (Lipinski definition) is 3. The zero-order valence-corrected chi connectivity index (χ0v) is 20.3. The molecule has 0 saturated carbocycles. The van der Waals surface area contributed by atoms with Crippen LogP contribution in [0.3, 0.4) is 0 Å². The van der Waals surface area contributed by atoms with Gasteiger partial charge in [0.1, 0.15) is 0 Å². The third kappa shape index (κ3) is 6.71. The Bertz CT molecular complexity index is 1080. The van der Waals surface area contributed by atoms with Crippen molar-refractivity contribution in [3.63, 3.8) is 0 Å². The number of fused-ring (bicyclic) bond motifs is 1. The summed E-state index contributed by atoms with van der Waals surface area (Å²) in [6.07, 6.45) is 2.94. The SMILES string of the molecule is CN=C(NCCc1c[nH]c2ccccc12)NCc1ccc(CS(=O)(=O)NC)cc1.I. The number of hydrogen-bond donors (Lipinski definition) is 4. The molecule has 3 rings (SSSR count). The summed E-state index contributed by atoms with van der Waals surface area (Å²) < 4.78 is 25.6. The Hall–Kier alpha value is -2.11. The molecule has 1 heterocycles. The van der Waals surface area contributed by atoms with E-state index in [0.717, 1.165) is 35.6 Å². The zero-order chi connectivity index (χ0) is 20.7. The predicted molar refractivity (Wildman–Crippen MR) is 134 cm³/mol. The van der Waals surface area contributed by atoms with Gasteiger partial charge in [0.05, 0.1) is 5.75 Å². The fourth-order valence-electron chi connectivity index (χ4n) is 3.11. The molecule has 0 spiro atoms. The topological polar surface area (TPSA) is 98.4 Å². The number of aromatic amines is 1. The van der Waals surface area contributed by atoms with Crippen LogP contribution in [0.1, 0.15) is 16.7 Å². The van der Waals surface area contributed by atoms with E-state index in [1.165, 1.54) is 18.0 Å². The number of para-hydroxylation sites is 1. The van der Waals surface area contributed by atoms with Crippen LogP contribution in [0.5, 0.6) is 0 Å². The Kier molecular flexibility index (Phi) is 9.12. The summed E-state index contributed by atoms with van der Waals surface area (Å²) in [5, 5.41) is 7.86. The Morgan fingerprint density at radius 2 is 1.73 bits per heavy atom. The average molecular weight is 541 g/mol. The van der Waals surface area contributed by atoms with Crippen LogP contribution < -0.4 is 15.4 Å². The Balaban J connectivity index is 0.00000320. The van der Waals surface area contributed by atoms with Gasteiger partial charge in [-0.2, -0.15) is 0 Å². The zero-order valence-electron chi connectivity index (χ0n) is 17.1. The van der Waals surface area contributed by atoms with Crippen molar-refractivity contribution in [2.45, 2.75) is 18.7 Å². The summed E-state index contributed by atoms with van der Waals surface area (Å²) in [5.41, 5.74) is 4.23. The lowest BCUT2D eigenvalue weighted by Gasteiger charge is -2.12. The first-order valence-corrected chi connectivity index (χ1v) is 11.1. The molecular weight excluding hydrogens is 513 g/mol. The van der Waals surface area contributed by atoms with Crippen LogP contribution in [0.15, 0.2) is 59.7 Å². The quantitative estimate of drug-likeness (QED) is 0.200. The van der Waals surface area contributed by atoms with Crippen molar-refractivity contribution in [1.29, 1.82) is 0 Å². The van der Waals surface area contributed by atoms with Crippen molar-refractivity contribution in [3.05, 3.63) is 71.4 Å². The van der Waals surface area contributed by atoms with Gasteiger partial charge in [0.15, 0.2) is 5.96 Å².